The largest absolute Gasteiger partial charge is 0.463 e. The van der Waals surface area contributed by atoms with E-state index >= 15 is 0 Å². The molecule has 3 nitrogen and oxygen atoms in total. The minimum atomic E-state index is -0.756. The second kappa shape index (κ2) is 4.80. The number of hydrogen-bond donors (Lipinski definition) is 0. The predicted octanol–water partition coefficient (Wildman–Crippen LogP) is 4.61. The molecule has 2 atom stereocenters. The van der Waals surface area contributed by atoms with Gasteiger partial charge in [0, 0.05) is 25.2 Å². The lowest BCUT2D eigenvalue weighted by Crippen LogP contribution is -2.53. The summed E-state index contributed by atoms with van der Waals surface area (Å²) in [7, 11) is 0. The molecule has 0 radical (unpaired) electrons. The van der Waals surface area contributed by atoms with Gasteiger partial charge in [0.15, 0.2) is 0 Å². The Hall–Kier alpha value is -1.91. The van der Waals surface area contributed by atoms with E-state index in [1.807, 2.05) is 4.90 Å². The maximum Gasteiger partial charge on any atom is 0.257 e. The maximum atomic E-state index is 14.2. The number of rotatable bonds is 1. The summed E-state index contributed by atoms with van der Waals surface area (Å²) in [5.41, 5.74) is 0.513. The fourth-order valence-corrected chi connectivity index (χ4v) is 4.59. The molecule has 1 amide bonds. The number of carbonyl (C=O) groups excluding carboxylic acids is 1. The van der Waals surface area contributed by atoms with E-state index in [0.29, 0.717) is 19.0 Å². The number of fused-ring (bicyclic) bond motifs is 3. The fourth-order valence-electron chi connectivity index (χ4n) is 4.59. The van der Waals surface area contributed by atoms with Crippen LogP contribution < -0.4 is 0 Å². The van der Waals surface area contributed by atoms with E-state index in [1.165, 1.54) is 6.26 Å². The highest BCUT2D eigenvalue weighted by Gasteiger charge is 2.56. The first-order valence-corrected chi connectivity index (χ1v) is 8.38. The van der Waals surface area contributed by atoms with E-state index in [1.54, 1.807) is 0 Å². The number of likely N-dealkylation sites (tertiary alicyclic amines) is 1. The Kier molecular flexibility index (Phi) is 3.12. The van der Waals surface area contributed by atoms with Gasteiger partial charge < -0.3 is 9.32 Å². The van der Waals surface area contributed by atoms with Gasteiger partial charge in [0.1, 0.15) is 23.5 Å². The highest BCUT2D eigenvalue weighted by Crippen LogP contribution is 2.59. The Balaban J connectivity index is 1.71. The lowest BCUT2D eigenvalue weighted by molar-refractivity contribution is -0.0106. The standard InChI is InChI=1S/C19H21F2NO2/c1-18(2)11-4-5-19(18,3)10-22(8-11)17(23)13-9-24-15-7-12(20)6-14(21)16(13)15/h6-7,9,11H,4-5,8,10H2,1-3H3/t11-,19+/m1/s1. The average Bonchev–Trinajstić information content (AvgIpc) is 2.92. The fraction of sp³-hybridized carbons (Fsp3) is 0.526. The molecule has 0 spiro atoms. The van der Waals surface area contributed by atoms with Gasteiger partial charge in [0.2, 0.25) is 0 Å². The van der Waals surface area contributed by atoms with E-state index in [4.69, 9.17) is 4.42 Å². The minimum absolute atomic E-state index is 0.0652. The zero-order chi connectivity index (χ0) is 17.3. The molecular weight excluding hydrogens is 312 g/mol. The monoisotopic (exact) mass is 333 g/mol. The van der Waals surface area contributed by atoms with Gasteiger partial charge in [0.25, 0.3) is 5.91 Å². The van der Waals surface area contributed by atoms with Crippen LogP contribution in [0.25, 0.3) is 11.0 Å². The summed E-state index contributed by atoms with van der Waals surface area (Å²) in [5, 5.41) is 0.0729. The zero-order valence-electron chi connectivity index (χ0n) is 14.2. The molecule has 2 bridgehead atoms. The first-order chi connectivity index (χ1) is 11.2. The van der Waals surface area contributed by atoms with Crippen LogP contribution in [0.4, 0.5) is 8.78 Å². The topological polar surface area (TPSA) is 33.5 Å². The number of nitrogens with zero attached hydrogens (tertiary/aromatic N) is 1. The summed E-state index contributed by atoms with van der Waals surface area (Å²) in [6, 6.07) is 1.90. The summed E-state index contributed by atoms with van der Waals surface area (Å²) in [5.74, 6) is -1.25. The molecule has 1 aromatic heterocycles. The third-order valence-electron chi connectivity index (χ3n) is 6.71. The summed E-state index contributed by atoms with van der Waals surface area (Å²) >= 11 is 0. The second-order valence-electron chi connectivity index (χ2n) is 8.11. The van der Waals surface area contributed by atoms with Crippen LogP contribution in [0.1, 0.15) is 44.0 Å². The van der Waals surface area contributed by atoms with Gasteiger partial charge >= 0.3 is 0 Å². The van der Waals surface area contributed by atoms with E-state index in [2.05, 4.69) is 20.8 Å². The van der Waals surface area contributed by atoms with Crippen molar-refractivity contribution >= 4 is 16.9 Å². The smallest absolute Gasteiger partial charge is 0.257 e. The van der Waals surface area contributed by atoms with Crippen molar-refractivity contribution in [3.63, 3.8) is 0 Å². The van der Waals surface area contributed by atoms with Crippen molar-refractivity contribution in [1.82, 2.24) is 4.90 Å². The third-order valence-corrected chi connectivity index (χ3v) is 6.71. The van der Waals surface area contributed by atoms with E-state index < -0.39 is 11.6 Å². The summed E-state index contributed by atoms with van der Waals surface area (Å²) in [4.78, 5) is 14.8. The number of carbonyl (C=O) groups is 1. The third kappa shape index (κ3) is 1.96. The Morgan fingerprint density at radius 1 is 1.29 bits per heavy atom. The van der Waals surface area contributed by atoms with Crippen molar-refractivity contribution in [2.75, 3.05) is 13.1 Å². The number of benzene rings is 1. The molecule has 1 saturated heterocycles. The van der Waals surface area contributed by atoms with E-state index in [9.17, 15) is 13.6 Å². The summed E-state index contributed by atoms with van der Waals surface area (Å²) in [6.45, 7) is 8.13. The first kappa shape index (κ1) is 15.6. The van der Waals surface area contributed by atoms with Crippen LogP contribution in [0.3, 0.4) is 0 Å². The van der Waals surface area contributed by atoms with Crippen molar-refractivity contribution in [2.24, 2.45) is 16.7 Å². The van der Waals surface area contributed by atoms with Crippen LogP contribution >= 0.6 is 0 Å². The van der Waals surface area contributed by atoms with E-state index in [-0.39, 0.29) is 33.3 Å². The van der Waals surface area contributed by atoms with Crippen LogP contribution in [-0.4, -0.2) is 23.9 Å². The molecule has 128 valence electrons. The molecule has 0 unspecified atom stereocenters. The Morgan fingerprint density at radius 3 is 2.75 bits per heavy atom. The molecule has 0 N–H and O–H groups in total. The van der Waals surface area contributed by atoms with Crippen molar-refractivity contribution < 1.29 is 18.0 Å². The van der Waals surface area contributed by atoms with Crippen LogP contribution in [0.2, 0.25) is 0 Å². The van der Waals surface area contributed by atoms with Crippen molar-refractivity contribution in [1.29, 1.82) is 0 Å². The summed E-state index contributed by atoms with van der Waals surface area (Å²) < 4.78 is 32.7. The molecule has 1 aliphatic carbocycles. The minimum Gasteiger partial charge on any atom is -0.463 e. The number of amides is 1. The van der Waals surface area contributed by atoms with Crippen molar-refractivity contribution in [2.45, 2.75) is 33.6 Å². The lowest BCUT2D eigenvalue weighted by atomic mass is 9.63. The average molecular weight is 333 g/mol. The van der Waals surface area contributed by atoms with Gasteiger partial charge in [-0.3, -0.25) is 4.79 Å². The van der Waals surface area contributed by atoms with Gasteiger partial charge in [-0.2, -0.15) is 0 Å². The maximum absolute atomic E-state index is 14.2. The Bertz CT molecular complexity index is 841. The van der Waals surface area contributed by atoms with Crippen LogP contribution in [0.15, 0.2) is 22.8 Å². The second-order valence-corrected chi connectivity index (χ2v) is 8.11. The molecule has 2 aromatic rings. The molecule has 5 heteroatoms. The number of piperidine rings is 1. The molecule has 2 heterocycles. The predicted molar refractivity (Wildman–Crippen MR) is 86.6 cm³/mol. The van der Waals surface area contributed by atoms with Gasteiger partial charge in [-0.05, 0) is 29.6 Å². The molecule has 2 aliphatic rings. The Morgan fingerprint density at radius 2 is 2.04 bits per heavy atom. The molecule has 2 fully saturated rings. The molecule has 24 heavy (non-hydrogen) atoms. The molecule has 1 aliphatic heterocycles. The van der Waals surface area contributed by atoms with Gasteiger partial charge in [-0.15, -0.1) is 0 Å². The normalized spacial score (nSPS) is 28.5. The SMILES string of the molecule is CC1(C)[C@@H]2CC[C@@]1(C)CN(C(=O)c1coc3cc(F)cc(F)c13)C2. The van der Waals surface area contributed by atoms with Crippen molar-refractivity contribution in [3.05, 3.63) is 35.6 Å². The quantitative estimate of drug-likeness (QED) is 0.763. The molecule has 1 aromatic carbocycles. The number of furan rings is 1. The number of hydrogen-bond acceptors (Lipinski definition) is 2. The van der Waals surface area contributed by atoms with Gasteiger partial charge in [-0.25, -0.2) is 8.78 Å². The molecular formula is C19H21F2NO2. The van der Waals surface area contributed by atoms with Crippen LogP contribution in [0.5, 0.6) is 0 Å². The number of halogens is 2. The van der Waals surface area contributed by atoms with Gasteiger partial charge in [-0.1, -0.05) is 20.8 Å². The van der Waals surface area contributed by atoms with E-state index in [0.717, 1.165) is 25.0 Å². The Labute approximate surface area is 139 Å². The molecule has 4 rings (SSSR count). The van der Waals surface area contributed by atoms with Crippen LogP contribution in [0, 0.1) is 28.4 Å². The zero-order valence-corrected chi connectivity index (χ0v) is 14.2. The van der Waals surface area contributed by atoms with Crippen LogP contribution in [-0.2, 0) is 0 Å². The lowest BCUT2D eigenvalue weighted by Gasteiger charge is -2.50. The highest BCUT2D eigenvalue weighted by atomic mass is 19.1. The first-order valence-electron chi connectivity index (χ1n) is 8.38. The molecule has 1 saturated carbocycles. The van der Waals surface area contributed by atoms with Crippen molar-refractivity contribution in [3.8, 4) is 0 Å². The summed E-state index contributed by atoms with van der Waals surface area (Å²) in [6.07, 6.45) is 3.46. The van der Waals surface area contributed by atoms with Gasteiger partial charge in [0.05, 0.1) is 10.9 Å². The highest BCUT2D eigenvalue weighted by molar-refractivity contribution is 6.06.